The van der Waals surface area contributed by atoms with Crippen molar-refractivity contribution in [2.75, 3.05) is 0 Å². The maximum atomic E-state index is 5.85. The summed E-state index contributed by atoms with van der Waals surface area (Å²) < 4.78 is 4.66. The standard InChI is InChI=1S/C12H15N3OS/c1-8(13)10-4-3-5-11(6-10)17-7-12-9(2)14-16-15-12/h3-6,8H,7,13H2,1-2H3. The molecular weight excluding hydrogens is 234 g/mol. The average Bonchev–Trinajstić information content (AvgIpc) is 2.72. The lowest BCUT2D eigenvalue weighted by Crippen LogP contribution is -2.04. The van der Waals surface area contributed by atoms with Crippen LogP contribution in [-0.4, -0.2) is 10.3 Å². The van der Waals surface area contributed by atoms with Crippen LogP contribution in [0.1, 0.15) is 29.9 Å². The Morgan fingerprint density at radius 3 is 2.88 bits per heavy atom. The quantitative estimate of drug-likeness (QED) is 0.844. The van der Waals surface area contributed by atoms with Gasteiger partial charge in [0, 0.05) is 16.7 Å². The number of benzene rings is 1. The molecule has 5 heteroatoms. The Labute approximate surface area is 105 Å². The number of hydrogen-bond donors (Lipinski definition) is 1. The van der Waals surface area contributed by atoms with Crippen LogP contribution < -0.4 is 5.73 Å². The van der Waals surface area contributed by atoms with Crippen LogP contribution in [0.15, 0.2) is 33.8 Å². The minimum atomic E-state index is 0.0611. The van der Waals surface area contributed by atoms with Crippen LogP contribution >= 0.6 is 11.8 Å². The Morgan fingerprint density at radius 2 is 2.24 bits per heavy atom. The molecule has 1 aromatic heterocycles. The molecule has 2 rings (SSSR count). The van der Waals surface area contributed by atoms with Crippen molar-refractivity contribution in [3.05, 3.63) is 41.2 Å². The van der Waals surface area contributed by atoms with Crippen LogP contribution in [0.4, 0.5) is 0 Å². The lowest BCUT2D eigenvalue weighted by atomic mass is 10.1. The van der Waals surface area contributed by atoms with E-state index >= 15 is 0 Å². The van der Waals surface area contributed by atoms with E-state index in [0.717, 1.165) is 22.7 Å². The van der Waals surface area contributed by atoms with Crippen LogP contribution in [0.3, 0.4) is 0 Å². The van der Waals surface area contributed by atoms with Crippen molar-refractivity contribution in [3.63, 3.8) is 0 Å². The molecule has 2 N–H and O–H groups in total. The van der Waals surface area contributed by atoms with E-state index in [1.807, 2.05) is 26.0 Å². The van der Waals surface area contributed by atoms with Gasteiger partial charge in [-0.3, -0.25) is 0 Å². The molecule has 0 spiro atoms. The summed E-state index contributed by atoms with van der Waals surface area (Å²) in [7, 11) is 0. The number of rotatable bonds is 4. The fourth-order valence-electron chi connectivity index (χ4n) is 1.42. The van der Waals surface area contributed by atoms with Gasteiger partial charge in [0.15, 0.2) is 0 Å². The van der Waals surface area contributed by atoms with Gasteiger partial charge in [-0.2, -0.15) is 0 Å². The Balaban J connectivity index is 2.04. The summed E-state index contributed by atoms with van der Waals surface area (Å²) in [5.74, 6) is 0.762. The van der Waals surface area contributed by atoms with E-state index in [-0.39, 0.29) is 6.04 Å². The first kappa shape index (κ1) is 12.1. The second-order valence-corrected chi connectivity index (χ2v) is 4.99. The summed E-state index contributed by atoms with van der Waals surface area (Å²) in [5.41, 5.74) is 8.73. The predicted octanol–water partition coefficient (Wildman–Crippen LogP) is 2.69. The Bertz CT molecular complexity index is 496. The van der Waals surface area contributed by atoms with Gasteiger partial charge in [0.05, 0.1) is 0 Å². The molecule has 0 amide bonds. The van der Waals surface area contributed by atoms with Crippen LogP contribution in [0.25, 0.3) is 0 Å². The minimum absolute atomic E-state index is 0.0611. The van der Waals surface area contributed by atoms with Gasteiger partial charge >= 0.3 is 0 Å². The molecule has 1 unspecified atom stereocenters. The number of nitrogens with two attached hydrogens (primary N) is 1. The molecule has 0 aliphatic heterocycles. The topological polar surface area (TPSA) is 64.9 Å². The van der Waals surface area contributed by atoms with Crippen molar-refractivity contribution >= 4 is 11.8 Å². The van der Waals surface area contributed by atoms with Crippen LogP contribution in [0.5, 0.6) is 0 Å². The summed E-state index contributed by atoms with van der Waals surface area (Å²) in [6, 6.07) is 8.30. The lowest BCUT2D eigenvalue weighted by molar-refractivity contribution is 0.302. The normalized spacial score (nSPS) is 12.6. The van der Waals surface area contributed by atoms with Crippen molar-refractivity contribution in [1.29, 1.82) is 0 Å². The largest absolute Gasteiger partial charge is 0.324 e. The van der Waals surface area contributed by atoms with Crippen molar-refractivity contribution in [2.24, 2.45) is 5.73 Å². The van der Waals surface area contributed by atoms with E-state index in [2.05, 4.69) is 27.1 Å². The zero-order chi connectivity index (χ0) is 12.3. The van der Waals surface area contributed by atoms with E-state index in [4.69, 9.17) is 5.73 Å². The van der Waals surface area contributed by atoms with Crippen LogP contribution in [0, 0.1) is 6.92 Å². The Kier molecular flexibility index (Phi) is 3.81. The van der Waals surface area contributed by atoms with E-state index in [1.54, 1.807) is 11.8 Å². The molecule has 1 aromatic carbocycles. The minimum Gasteiger partial charge on any atom is -0.324 e. The molecule has 0 saturated heterocycles. The number of aromatic nitrogens is 2. The monoisotopic (exact) mass is 249 g/mol. The fourth-order valence-corrected chi connectivity index (χ4v) is 2.38. The summed E-state index contributed by atoms with van der Waals surface area (Å²) in [5, 5.41) is 7.61. The first-order valence-corrected chi connectivity index (χ1v) is 6.42. The summed E-state index contributed by atoms with van der Waals surface area (Å²) in [4.78, 5) is 1.18. The first-order valence-electron chi connectivity index (χ1n) is 5.43. The number of nitrogens with zero attached hydrogens (tertiary/aromatic N) is 2. The van der Waals surface area contributed by atoms with Gasteiger partial charge in [0.1, 0.15) is 11.4 Å². The summed E-state index contributed by atoms with van der Waals surface area (Å²) in [6.07, 6.45) is 0. The van der Waals surface area contributed by atoms with Crippen LogP contribution in [0.2, 0.25) is 0 Å². The Morgan fingerprint density at radius 1 is 1.41 bits per heavy atom. The lowest BCUT2D eigenvalue weighted by Gasteiger charge is -2.07. The first-order chi connectivity index (χ1) is 8.16. The zero-order valence-electron chi connectivity index (χ0n) is 9.88. The predicted molar refractivity (Wildman–Crippen MR) is 67.6 cm³/mol. The zero-order valence-corrected chi connectivity index (χ0v) is 10.7. The third-order valence-corrected chi connectivity index (χ3v) is 3.51. The highest BCUT2D eigenvalue weighted by Gasteiger charge is 2.06. The molecule has 0 fully saturated rings. The molecular formula is C12H15N3OS. The second kappa shape index (κ2) is 5.33. The van der Waals surface area contributed by atoms with Crippen molar-refractivity contribution < 1.29 is 4.63 Å². The van der Waals surface area contributed by atoms with Gasteiger partial charge in [0.2, 0.25) is 0 Å². The maximum absolute atomic E-state index is 5.85. The average molecular weight is 249 g/mol. The second-order valence-electron chi connectivity index (χ2n) is 3.95. The SMILES string of the molecule is Cc1nonc1CSc1cccc(C(C)N)c1. The van der Waals surface area contributed by atoms with E-state index in [1.165, 1.54) is 4.90 Å². The molecule has 1 heterocycles. The van der Waals surface area contributed by atoms with Gasteiger partial charge in [-0.1, -0.05) is 22.4 Å². The third kappa shape index (κ3) is 3.08. The molecule has 2 aromatic rings. The number of hydrogen-bond acceptors (Lipinski definition) is 5. The van der Waals surface area contributed by atoms with E-state index in [0.29, 0.717) is 0 Å². The molecule has 17 heavy (non-hydrogen) atoms. The van der Waals surface area contributed by atoms with Crippen molar-refractivity contribution in [2.45, 2.75) is 30.5 Å². The Hall–Kier alpha value is -1.33. The molecule has 1 atom stereocenters. The molecule has 0 radical (unpaired) electrons. The molecule has 0 saturated carbocycles. The summed E-state index contributed by atoms with van der Waals surface area (Å²) >= 11 is 1.71. The van der Waals surface area contributed by atoms with E-state index in [9.17, 15) is 0 Å². The number of aryl methyl sites for hydroxylation is 1. The highest BCUT2D eigenvalue weighted by Crippen LogP contribution is 2.25. The van der Waals surface area contributed by atoms with Gasteiger partial charge in [-0.25, -0.2) is 4.63 Å². The molecule has 0 aliphatic rings. The highest BCUT2D eigenvalue weighted by molar-refractivity contribution is 7.98. The van der Waals surface area contributed by atoms with Gasteiger partial charge in [0.25, 0.3) is 0 Å². The molecule has 0 aliphatic carbocycles. The van der Waals surface area contributed by atoms with Crippen molar-refractivity contribution in [1.82, 2.24) is 10.3 Å². The van der Waals surface area contributed by atoms with Crippen molar-refractivity contribution in [3.8, 4) is 0 Å². The molecule has 4 nitrogen and oxygen atoms in total. The van der Waals surface area contributed by atoms with Crippen LogP contribution in [-0.2, 0) is 5.75 Å². The highest BCUT2D eigenvalue weighted by atomic mass is 32.2. The molecule has 0 bridgehead atoms. The van der Waals surface area contributed by atoms with Gasteiger partial charge in [-0.15, -0.1) is 11.8 Å². The smallest absolute Gasteiger partial charge is 0.118 e. The fraction of sp³-hybridized carbons (Fsp3) is 0.333. The van der Waals surface area contributed by atoms with E-state index < -0.39 is 0 Å². The summed E-state index contributed by atoms with van der Waals surface area (Å²) in [6.45, 7) is 3.88. The maximum Gasteiger partial charge on any atom is 0.118 e. The number of thioether (sulfide) groups is 1. The third-order valence-electron chi connectivity index (χ3n) is 2.51. The van der Waals surface area contributed by atoms with Gasteiger partial charge in [-0.05, 0) is 31.5 Å². The molecule has 90 valence electrons. The van der Waals surface area contributed by atoms with Gasteiger partial charge < -0.3 is 5.73 Å².